The molecule has 0 unspecified atom stereocenters. The number of nitrogens with one attached hydrogen (secondary N) is 1. The van der Waals surface area contributed by atoms with Gasteiger partial charge in [-0.05, 0) is 38.3 Å². The molecule has 0 aromatic heterocycles. The maximum absolute atomic E-state index is 7.42. The van der Waals surface area contributed by atoms with Crippen LogP contribution in [0.5, 0.6) is 0 Å². The third-order valence-corrected chi connectivity index (χ3v) is 1.79. The first-order valence-electron chi connectivity index (χ1n) is 4.01. The molecule has 0 aliphatic heterocycles. The van der Waals surface area contributed by atoms with Gasteiger partial charge in [-0.2, -0.15) is 0 Å². The predicted molar refractivity (Wildman–Crippen MR) is 51.2 cm³/mol. The Balaban J connectivity index is 4.67. The first kappa shape index (κ1) is 10.2. The summed E-state index contributed by atoms with van der Waals surface area (Å²) < 4.78 is 0. The van der Waals surface area contributed by atoms with E-state index in [2.05, 4.69) is 13.0 Å². The maximum atomic E-state index is 7.42. The van der Waals surface area contributed by atoms with E-state index in [4.69, 9.17) is 5.41 Å². The molecule has 62 valence electrons. The molecule has 0 spiro atoms. The van der Waals surface area contributed by atoms with Crippen molar-refractivity contribution >= 4 is 5.71 Å². The number of hydrogen-bond acceptors (Lipinski definition) is 1. The van der Waals surface area contributed by atoms with Crippen molar-refractivity contribution in [1.82, 2.24) is 0 Å². The van der Waals surface area contributed by atoms with E-state index in [1.165, 1.54) is 5.57 Å². The zero-order valence-corrected chi connectivity index (χ0v) is 7.86. The first-order chi connectivity index (χ1) is 5.13. The Labute approximate surface area is 69.3 Å². The molecule has 0 heterocycles. The molecule has 0 aliphatic rings. The van der Waals surface area contributed by atoms with Crippen LogP contribution in [0.4, 0.5) is 0 Å². The minimum Gasteiger partial charge on any atom is -0.305 e. The molecule has 0 aromatic rings. The Bertz CT molecular complexity index is 197. The average Bonchev–Trinajstić information content (AvgIpc) is 1.98. The van der Waals surface area contributed by atoms with E-state index in [0.29, 0.717) is 5.71 Å². The van der Waals surface area contributed by atoms with Crippen LogP contribution in [-0.2, 0) is 0 Å². The lowest BCUT2D eigenvalue weighted by molar-refractivity contribution is 1.12. The van der Waals surface area contributed by atoms with E-state index < -0.39 is 0 Å². The summed E-state index contributed by atoms with van der Waals surface area (Å²) in [5.41, 5.74) is 3.03. The molecule has 1 N–H and O–H groups in total. The molecule has 0 bridgehead atoms. The zero-order chi connectivity index (χ0) is 8.85. The van der Waals surface area contributed by atoms with Crippen LogP contribution < -0.4 is 0 Å². The third kappa shape index (κ3) is 3.17. The van der Waals surface area contributed by atoms with Gasteiger partial charge in [0, 0.05) is 5.71 Å². The summed E-state index contributed by atoms with van der Waals surface area (Å²) >= 11 is 0. The highest BCUT2D eigenvalue weighted by atomic mass is 14.4. The van der Waals surface area contributed by atoms with Crippen molar-refractivity contribution in [2.45, 2.75) is 34.1 Å². The Kier molecular flexibility index (Phi) is 4.51. The van der Waals surface area contributed by atoms with E-state index in [-0.39, 0.29) is 0 Å². The third-order valence-electron chi connectivity index (χ3n) is 1.79. The van der Waals surface area contributed by atoms with Crippen molar-refractivity contribution in [3.05, 3.63) is 23.3 Å². The number of rotatable bonds is 3. The van der Waals surface area contributed by atoms with Gasteiger partial charge in [0.05, 0.1) is 0 Å². The van der Waals surface area contributed by atoms with E-state index in [9.17, 15) is 0 Å². The lowest BCUT2D eigenvalue weighted by Crippen LogP contribution is -1.94. The summed E-state index contributed by atoms with van der Waals surface area (Å²) in [5, 5.41) is 7.42. The summed E-state index contributed by atoms with van der Waals surface area (Å²) in [7, 11) is 0. The van der Waals surface area contributed by atoms with Crippen molar-refractivity contribution in [3.8, 4) is 0 Å². The largest absolute Gasteiger partial charge is 0.305 e. The topological polar surface area (TPSA) is 23.9 Å². The molecule has 0 aromatic carbocycles. The fourth-order valence-corrected chi connectivity index (χ4v) is 0.950. The van der Waals surface area contributed by atoms with Gasteiger partial charge in [-0.25, -0.2) is 0 Å². The van der Waals surface area contributed by atoms with Gasteiger partial charge in [-0.1, -0.05) is 19.1 Å². The normalized spacial score (nSPS) is 13.5. The SMILES string of the molecule is C/C=C\C(CC)=C(\C)C(C)=N. The van der Waals surface area contributed by atoms with Gasteiger partial charge in [0.1, 0.15) is 0 Å². The van der Waals surface area contributed by atoms with Crippen LogP contribution >= 0.6 is 0 Å². The van der Waals surface area contributed by atoms with Crippen molar-refractivity contribution < 1.29 is 0 Å². The molecule has 0 fully saturated rings. The summed E-state index contributed by atoms with van der Waals surface area (Å²) in [4.78, 5) is 0. The van der Waals surface area contributed by atoms with Crippen LogP contribution in [0.2, 0.25) is 0 Å². The van der Waals surface area contributed by atoms with Gasteiger partial charge in [-0.15, -0.1) is 0 Å². The molecule has 0 atom stereocenters. The molecule has 1 nitrogen and oxygen atoms in total. The van der Waals surface area contributed by atoms with Gasteiger partial charge >= 0.3 is 0 Å². The minimum atomic E-state index is 0.667. The highest BCUT2D eigenvalue weighted by molar-refractivity contribution is 5.96. The first-order valence-corrected chi connectivity index (χ1v) is 4.01. The zero-order valence-electron chi connectivity index (χ0n) is 7.86. The minimum absolute atomic E-state index is 0.667. The average molecular weight is 151 g/mol. The number of allylic oxidation sites excluding steroid dienone is 4. The second kappa shape index (κ2) is 4.89. The number of hydrogen-bond donors (Lipinski definition) is 1. The molecular weight excluding hydrogens is 134 g/mol. The van der Waals surface area contributed by atoms with E-state index in [0.717, 1.165) is 12.0 Å². The van der Waals surface area contributed by atoms with Crippen molar-refractivity contribution in [3.63, 3.8) is 0 Å². The summed E-state index contributed by atoms with van der Waals surface area (Å²) in [5.74, 6) is 0. The van der Waals surface area contributed by atoms with Gasteiger partial charge in [-0.3, -0.25) is 0 Å². The monoisotopic (exact) mass is 151 g/mol. The molecule has 0 aliphatic carbocycles. The van der Waals surface area contributed by atoms with Crippen molar-refractivity contribution in [2.24, 2.45) is 0 Å². The second-order valence-corrected chi connectivity index (χ2v) is 2.63. The maximum Gasteiger partial charge on any atom is 0.0314 e. The molecule has 0 radical (unpaired) electrons. The molecule has 0 rings (SSSR count). The van der Waals surface area contributed by atoms with Crippen LogP contribution in [-0.4, -0.2) is 5.71 Å². The van der Waals surface area contributed by atoms with Crippen molar-refractivity contribution in [1.29, 1.82) is 5.41 Å². The van der Waals surface area contributed by atoms with E-state index in [1.54, 1.807) is 0 Å². The second-order valence-electron chi connectivity index (χ2n) is 2.63. The van der Waals surface area contributed by atoms with Crippen LogP contribution in [0.15, 0.2) is 23.3 Å². The van der Waals surface area contributed by atoms with Gasteiger partial charge in [0.15, 0.2) is 0 Å². The predicted octanol–water partition coefficient (Wildman–Crippen LogP) is 3.33. The molecule has 11 heavy (non-hydrogen) atoms. The van der Waals surface area contributed by atoms with E-state index in [1.807, 2.05) is 26.8 Å². The molecule has 0 saturated heterocycles. The molecule has 0 amide bonds. The molecule has 0 saturated carbocycles. The highest BCUT2D eigenvalue weighted by Gasteiger charge is 1.97. The Morgan fingerprint density at radius 3 is 2.18 bits per heavy atom. The summed E-state index contributed by atoms with van der Waals surface area (Å²) in [6.07, 6.45) is 5.10. The molecule has 1 heteroatoms. The van der Waals surface area contributed by atoms with Crippen LogP contribution in [0, 0.1) is 5.41 Å². The quantitative estimate of drug-likeness (QED) is 0.472. The fraction of sp³-hybridized carbons (Fsp3) is 0.500. The van der Waals surface area contributed by atoms with Crippen LogP contribution in [0.1, 0.15) is 34.1 Å². The van der Waals surface area contributed by atoms with E-state index >= 15 is 0 Å². The smallest absolute Gasteiger partial charge is 0.0314 e. The Hall–Kier alpha value is -0.850. The summed E-state index contributed by atoms with van der Waals surface area (Å²) in [6, 6.07) is 0. The van der Waals surface area contributed by atoms with Gasteiger partial charge in [0.25, 0.3) is 0 Å². The molecular formula is C10H17N. The van der Waals surface area contributed by atoms with Gasteiger partial charge in [0.2, 0.25) is 0 Å². The standard InChI is InChI=1S/C10H17N/c1-5-7-10(6-2)8(3)9(4)11/h5,7,11H,6H2,1-4H3/b7-5-,10-8-,11-9?. The Morgan fingerprint density at radius 1 is 1.36 bits per heavy atom. The lowest BCUT2D eigenvalue weighted by Gasteiger charge is -2.03. The van der Waals surface area contributed by atoms with Crippen molar-refractivity contribution in [2.75, 3.05) is 0 Å². The van der Waals surface area contributed by atoms with Gasteiger partial charge < -0.3 is 5.41 Å². The fourth-order valence-electron chi connectivity index (χ4n) is 0.950. The van der Waals surface area contributed by atoms with Crippen LogP contribution in [0.3, 0.4) is 0 Å². The summed E-state index contributed by atoms with van der Waals surface area (Å²) in [6.45, 7) is 7.94. The lowest BCUT2D eigenvalue weighted by atomic mass is 10.0. The van der Waals surface area contributed by atoms with Crippen LogP contribution in [0.25, 0.3) is 0 Å². The highest BCUT2D eigenvalue weighted by Crippen LogP contribution is 2.10. The Morgan fingerprint density at radius 2 is 1.91 bits per heavy atom.